The Balaban J connectivity index is 1.99. The standard InChI is InChI=1S/C17H21N3O4S/c1-24-16-9-4-3-8-15(16)19-17(21)10-12-20(25(2,22)23)13-14-7-5-6-11-18-14/h3-9,11H,10,12-13H2,1-2H3,(H,19,21). The zero-order chi connectivity index (χ0) is 18.3. The summed E-state index contributed by atoms with van der Waals surface area (Å²) >= 11 is 0. The number of hydrogen-bond donors (Lipinski definition) is 1. The molecule has 2 aromatic rings. The van der Waals surface area contributed by atoms with E-state index >= 15 is 0 Å². The van der Waals surface area contributed by atoms with Crippen molar-refractivity contribution in [2.45, 2.75) is 13.0 Å². The molecule has 0 aliphatic carbocycles. The van der Waals surface area contributed by atoms with Crippen LogP contribution in [0.2, 0.25) is 0 Å². The number of anilines is 1. The second kappa shape index (κ2) is 8.59. The van der Waals surface area contributed by atoms with Gasteiger partial charge in [-0.25, -0.2) is 8.42 Å². The first-order valence-corrected chi connectivity index (χ1v) is 9.53. The first-order chi connectivity index (χ1) is 11.9. The quantitative estimate of drug-likeness (QED) is 0.774. The number of hydrogen-bond acceptors (Lipinski definition) is 5. The van der Waals surface area contributed by atoms with E-state index in [2.05, 4.69) is 10.3 Å². The number of benzene rings is 1. The molecule has 0 fully saturated rings. The minimum Gasteiger partial charge on any atom is -0.495 e. The Labute approximate surface area is 147 Å². The average Bonchev–Trinajstić information content (AvgIpc) is 2.59. The van der Waals surface area contributed by atoms with Gasteiger partial charge < -0.3 is 10.1 Å². The van der Waals surface area contributed by atoms with E-state index in [-0.39, 0.29) is 25.4 Å². The molecule has 134 valence electrons. The van der Waals surface area contributed by atoms with Crippen molar-refractivity contribution >= 4 is 21.6 Å². The fourth-order valence-corrected chi connectivity index (χ4v) is 3.01. The number of nitrogens with zero attached hydrogens (tertiary/aromatic N) is 2. The van der Waals surface area contributed by atoms with Crippen LogP contribution in [-0.4, -0.2) is 43.5 Å². The molecular weight excluding hydrogens is 342 g/mol. The number of nitrogens with one attached hydrogen (secondary N) is 1. The summed E-state index contributed by atoms with van der Waals surface area (Å²) in [4.78, 5) is 16.3. The van der Waals surface area contributed by atoms with E-state index in [1.54, 1.807) is 48.7 Å². The van der Waals surface area contributed by atoms with Crippen LogP contribution in [0.15, 0.2) is 48.7 Å². The summed E-state index contributed by atoms with van der Waals surface area (Å²) in [6.07, 6.45) is 2.75. The molecule has 0 spiro atoms. The molecule has 0 radical (unpaired) electrons. The van der Waals surface area contributed by atoms with Crippen LogP contribution in [0, 0.1) is 0 Å². The Hall–Kier alpha value is -2.45. The second-order valence-corrected chi connectivity index (χ2v) is 7.40. The topological polar surface area (TPSA) is 88.6 Å². The fourth-order valence-electron chi connectivity index (χ4n) is 2.22. The predicted molar refractivity (Wildman–Crippen MR) is 95.7 cm³/mol. The molecule has 1 aromatic heterocycles. The molecule has 1 N–H and O–H groups in total. The number of ether oxygens (including phenoxy) is 1. The van der Waals surface area contributed by atoms with E-state index in [0.717, 1.165) is 6.26 Å². The summed E-state index contributed by atoms with van der Waals surface area (Å²) < 4.78 is 30.3. The van der Waals surface area contributed by atoms with Gasteiger partial charge >= 0.3 is 0 Å². The first kappa shape index (κ1) is 18.9. The molecule has 0 bridgehead atoms. The van der Waals surface area contributed by atoms with Crippen molar-refractivity contribution in [2.24, 2.45) is 0 Å². The minimum atomic E-state index is -3.46. The van der Waals surface area contributed by atoms with Gasteiger partial charge in [0, 0.05) is 19.2 Å². The van der Waals surface area contributed by atoms with Crippen LogP contribution >= 0.6 is 0 Å². The van der Waals surface area contributed by atoms with Crippen LogP contribution in [0.3, 0.4) is 0 Å². The van der Waals surface area contributed by atoms with E-state index in [9.17, 15) is 13.2 Å². The van der Waals surface area contributed by atoms with E-state index in [4.69, 9.17) is 4.74 Å². The van der Waals surface area contributed by atoms with Gasteiger partial charge in [0.2, 0.25) is 15.9 Å². The molecule has 0 unspecified atom stereocenters. The number of sulfonamides is 1. The lowest BCUT2D eigenvalue weighted by molar-refractivity contribution is -0.116. The summed E-state index contributed by atoms with van der Waals surface area (Å²) in [6.45, 7) is 0.192. The monoisotopic (exact) mass is 363 g/mol. The molecule has 0 saturated carbocycles. The van der Waals surface area contributed by atoms with Crippen molar-refractivity contribution in [3.05, 3.63) is 54.4 Å². The summed E-state index contributed by atoms with van der Waals surface area (Å²) in [7, 11) is -1.94. The van der Waals surface area contributed by atoms with Gasteiger partial charge in [-0.1, -0.05) is 18.2 Å². The van der Waals surface area contributed by atoms with Crippen LogP contribution in [0.1, 0.15) is 12.1 Å². The Morgan fingerprint density at radius 1 is 1.20 bits per heavy atom. The maximum absolute atomic E-state index is 12.2. The highest BCUT2D eigenvalue weighted by atomic mass is 32.2. The van der Waals surface area contributed by atoms with E-state index in [1.807, 2.05) is 0 Å². The minimum absolute atomic E-state index is 0.0257. The lowest BCUT2D eigenvalue weighted by atomic mass is 10.2. The maximum atomic E-state index is 12.2. The van der Waals surface area contributed by atoms with E-state index in [1.165, 1.54) is 11.4 Å². The second-order valence-electron chi connectivity index (χ2n) is 5.42. The van der Waals surface area contributed by atoms with Gasteiger partial charge in [-0.05, 0) is 24.3 Å². The SMILES string of the molecule is COc1ccccc1NC(=O)CCN(Cc1ccccn1)S(C)(=O)=O. The van der Waals surface area contributed by atoms with E-state index in [0.29, 0.717) is 17.1 Å². The van der Waals surface area contributed by atoms with Crippen molar-refractivity contribution in [3.63, 3.8) is 0 Å². The number of aromatic nitrogens is 1. The third-order valence-electron chi connectivity index (χ3n) is 3.50. The summed E-state index contributed by atoms with van der Waals surface area (Å²) in [5.74, 6) is 0.253. The number of carbonyl (C=O) groups excluding carboxylic acids is 1. The summed E-state index contributed by atoms with van der Waals surface area (Å²) in [6, 6.07) is 12.3. The molecule has 1 amide bonds. The Morgan fingerprint density at radius 2 is 1.92 bits per heavy atom. The zero-order valence-electron chi connectivity index (χ0n) is 14.2. The Kier molecular flexibility index (Phi) is 6.49. The number of methoxy groups -OCH3 is 1. The van der Waals surface area contributed by atoms with Crippen molar-refractivity contribution < 1.29 is 17.9 Å². The lowest BCUT2D eigenvalue weighted by Gasteiger charge is -2.19. The van der Waals surface area contributed by atoms with Crippen molar-refractivity contribution in [2.75, 3.05) is 25.2 Å². The Bertz CT molecular complexity index is 810. The predicted octanol–water partition coefficient (Wildman–Crippen LogP) is 1.88. The first-order valence-electron chi connectivity index (χ1n) is 7.68. The molecule has 7 nitrogen and oxygen atoms in total. The van der Waals surface area contributed by atoms with Crippen LogP contribution in [0.25, 0.3) is 0 Å². The van der Waals surface area contributed by atoms with E-state index < -0.39 is 10.0 Å². The molecule has 1 heterocycles. The average molecular weight is 363 g/mol. The number of pyridine rings is 1. The van der Waals surface area contributed by atoms with Crippen molar-refractivity contribution in [1.82, 2.24) is 9.29 Å². The van der Waals surface area contributed by atoms with Crippen LogP contribution < -0.4 is 10.1 Å². The summed E-state index contributed by atoms with van der Waals surface area (Å²) in [5, 5.41) is 2.73. The third-order valence-corrected chi connectivity index (χ3v) is 4.75. The molecule has 2 rings (SSSR count). The number of amides is 1. The molecule has 0 atom stereocenters. The maximum Gasteiger partial charge on any atom is 0.225 e. The zero-order valence-corrected chi connectivity index (χ0v) is 15.0. The number of para-hydroxylation sites is 2. The molecular formula is C17H21N3O4S. The number of carbonyl (C=O) groups is 1. The normalized spacial score (nSPS) is 11.3. The van der Waals surface area contributed by atoms with Gasteiger partial charge in [0.15, 0.2) is 0 Å². The third kappa shape index (κ3) is 5.84. The molecule has 0 aliphatic rings. The van der Waals surface area contributed by atoms with Crippen LogP contribution in [0.4, 0.5) is 5.69 Å². The van der Waals surface area contributed by atoms with Crippen LogP contribution in [-0.2, 0) is 21.4 Å². The summed E-state index contributed by atoms with van der Waals surface area (Å²) in [5.41, 5.74) is 1.17. The van der Waals surface area contributed by atoms with Gasteiger partial charge in [-0.15, -0.1) is 0 Å². The van der Waals surface area contributed by atoms with Gasteiger partial charge in [-0.3, -0.25) is 9.78 Å². The highest BCUT2D eigenvalue weighted by Gasteiger charge is 2.19. The molecule has 1 aromatic carbocycles. The molecule has 25 heavy (non-hydrogen) atoms. The van der Waals surface area contributed by atoms with Crippen molar-refractivity contribution in [1.29, 1.82) is 0 Å². The molecule has 0 aliphatic heterocycles. The highest BCUT2D eigenvalue weighted by molar-refractivity contribution is 7.88. The molecule has 8 heteroatoms. The van der Waals surface area contributed by atoms with Gasteiger partial charge in [-0.2, -0.15) is 4.31 Å². The van der Waals surface area contributed by atoms with Crippen molar-refractivity contribution in [3.8, 4) is 5.75 Å². The number of rotatable bonds is 8. The highest BCUT2D eigenvalue weighted by Crippen LogP contribution is 2.23. The fraction of sp³-hybridized carbons (Fsp3) is 0.294. The Morgan fingerprint density at radius 3 is 2.56 bits per heavy atom. The molecule has 0 saturated heterocycles. The smallest absolute Gasteiger partial charge is 0.225 e. The van der Waals surface area contributed by atoms with Gasteiger partial charge in [0.05, 0.1) is 31.3 Å². The van der Waals surface area contributed by atoms with Gasteiger partial charge in [0.1, 0.15) is 5.75 Å². The lowest BCUT2D eigenvalue weighted by Crippen LogP contribution is -2.32. The van der Waals surface area contributed by atoms with Gasteiger partial charge in [0.25, 0.3) is 0 Å². The largest absolute Gasteiger partial charge is 0.495 e. The van der Waals surface area contributed by atoms with Crippen LogP contribution in [0.5, 0.6) is 5.75 Å².